The molecule has 11 heteroatoms. The average Bonchev–Trinajstić information content (AvgIpc) is 2.96. The topological polar surface area (TPSA) is 126 Å². The second kappa shape index (κ2) is 15.1. The molecule has 1 saturated heterocycles. The fourth-order valence-electron chi connectivity index (χ4n) is 5.05. The Balaban J connectivity index is 1.52. The van der Waals surface area contributed by atoms with E-state index in [1.807, 2.05) is 61.5 Å². The molecule has 0 spiro atoms. The first-order chi connectivity index (χ1) is 20.2. The van der Waals surface area contributed by atoms with Crippen LogP contribution in [0.2, 0.25) is 0 Å². The van der Waals surface area contributed by atoms with Gasteiger partial charge in [0.15, 0.2) is 0 Å². The monoisotopic (exact) mass is 660 g/mol. The lowest BCUT2D eigenvalue weighted by Crippen LogP contribution is -2.48. The predicted molar refractivity (Wildman–Crippen MR) is 175 cm³/mol. The first kappa shape index (κ1) is 32.1. The highest BCUT2D eigenvalue weighted by Gasteiger charge is 2.28. The summed E-state index contributed by atoms with van der Waals surface area (Å²) in [5.74, 6) is 0.701. The fraction of sp³-hybridized carbons (Fsp3) is 0.387. The van der Waals surface area contributed by atoms with E-state index in [1.165, 1.54) is 0 Å². The van der Waals surface area contributed by atoms with Gasteiger partial charge in [0, 0.05) is 41.9 Å². The van der Waals surface area contributed by atoms with Gasteiger partial charge in [-0.05, 0) is 73.7 Å². The SMILES string of the molecule is CCNc1cc(C(=O)N[C@@H](Cc2ccccc2)[C@H](O)CNCc2cc(Br)cc(OC)c2)cc(N2CCCCS2(O)O)c1. The molecule has 0 saturated carbocycles. The van der Waals surface area contributed by atoms with E-state index in [-0.39, 0.29) is 12.5 Å². The maximum Gasteiger partial charge on any atom is 0.251 e. The Morgan fingerprint density at radius 3 is 2.57 bits per heavy atom. The number of nitrogens with one attached hydrogen (secondary N) is 3. The minimum atomic E-state index is -2.95. The van der Waals surface area contributed by atoms with Crippen LogP contribution in [0.15, 0.2) is 71.2 Å². The molecule has 0 aromatic heterocycles. The molecule has 1 heterocycles. The summed E-state index contributed by atoms with van der Waals surface area (Å²) < 4.78 is 29.3. The second-order valence-corrected chi connectivity index (χ2v) is 13.4. The van der Waals surface area contributed by atoms with Crippen LogP contribution in [0, 0.1) is 0 Å². The van der Waals surface area contributed by atoms with E-state index >= 15 is 0 Å². The Hall–Kier alpha value is -2.80. The standard InChI is InChI=1S/C31H41BrN4O5S/c1-3-34-26-16-24(17-27(19-26)36-11-7-8-12-42(36,39)40)31(38)35-29(15-22-9-5-4-6-10-22)30(37)21-33-20-23-13-25(32)18-28(14-23)41-2/h4-6,9-10,13-14,16-19,29-30,33-34,37,39-40H,3,7-8,11-12,15,20-21H2,1-2H3,(H,35,38)/t29-,30+/m0/s1. The van der Waals surface area contributed by atoms with Crippen LogP contribution in [0.25, 0.3) is 0 Å². The fourth-order valence-corrected chi connectivity index (χ4v) is 7.24. The Morgan fingerprint density at radius 1 is 1.07 bits per heavy atom. The molecule has 9 nitrogen and oxygen atoms in total. The molecule has 0 radical (unpaired) electrons. The van der Waals surface area contributed by atoms with E-state index in [2.05, 4.69) is 31.9 Å². The van der Waals surface area contributed by atoms with Gasteiger partial charge in [0.05, 0.1) is 30.7 Å². The lowest BCUT2D eigenvalue weighted by atomic mass is 10.00. The Kier molecular flexibility index (Phi) is 11.5. The van der Waals surface area contributed by atoms with Crippen LogP contribution in [-0.2, 0) is 13.0 Å². The van der Waals surface area contributed by atoms with Crippen molar-refractivity contribution < 1.29 is 23.7 Å². The van der Waals surface area contributed by atoms with Crippen molar-refractivity contribution in [3.63, 3.8) is 0 Å². The van der Waals surface area contributed by atoms with E-state index in [0.29, 0.717) is 48.7 Å². The Morgan fingerprint density at radius 2 is 1.86 bits per heavy atom. The van der Waals surface area contributed by atoms with Gasteiger partial charge in [-0.2, -0.15) is 0 Å². The third kappa shape index (κ3) is 8.85. The summed E-state index contributed by atoms with van der Waals surface area (Å²) in [4.78, 5) is 13.7. The van der Waals surface area contributed by atoms with Crippen molar-refractivity contribution in [2.75, 3.05) is 42.1 Å². The average molecular weight is 662 g/mol. The maximum atomic E-state index is 13.7. The molecule has 1 amide bonds. The first-order valence-electron chi connectivity index (χ1n) is 14.2. The number of halogens is 1. The van der Waals surface area contributed by atoms with E-state index in [4.69, 9.17) is 4.74 Å². The quantitative estimate of drug-likeness (QED) is 0.139. The number of amides is 1. The normalized spacial score (nSPS) is 16.8. The molecule has 3 aromatic rings. The molecule has 42 heavy (non-hydrogen) atoms. The van der Waals surface area contributed by atoms with Gasteiger partial charge in [0.25, 0.3) is 5.91 Å². The molecule has 1 aliphatic heterocycles. The lowest BCUT2D eigenvalue weighted by Gasteiger charge is -2.47. The molecular formula is C31H41BrN4O5S. The smallest absolute Gasteiger partial charge is 0.251 e. The zero-order chi connectivity index (χ0) is 30.1. The van der Waals surface area contributed by atoms with Gasteiger partial charge in [-0.25, -0.2) is 0 Å². The molecule has 6 N–H and O–H groups in total. The van der Waals surface area contributed by atoms with Crippen LogP contribution in [0.4, 0.5) is 11.4 Å². The summed E-state index contributed by atoms with van der Waals surface area (Å²) in [6.45, 7) is 3.87. The Bertz CT molecular complexity index is 1330. The molecule has 0 bridgehead atoms. The number of aliphatic hydroxyl groups excluding tert-OH is 1. The summed E-state index contributed by atoms with van der Waals surface area (Å²) in [6.07, 6.45) is 1.15. The molecule has 1 fully saturated rings. The minimum absolute atomic E-state index is 0.254. The lowest BCUT2D eigenvalue weighted by molar-refractivity contribution is 0.0830. The summed E-state index contributed by atoms with van der Waals surface area (Å²) in [5.41, 5.74) is 3.66. The van der Waals surface area contributed by atoms with Gasteiger partial charge < -0.3 is 25.8 Å². The van der Waals surface area contributed by atoms with Crippen LogP contribution in [0.3, 0.4) is 0 Å². The number of nitrogens with zero attached hydrogens (tertiary/aromatic N) is 1. The highest BCUT2D eigenvalue weighted by molar-refractivity contribution is 9.10. The number of benzene rings is 3. The maximum absolute atomic E-state index is 13.7. The zero-order valence-electron chi connectivity index (χ0n) is 24.1. The molecule has 2 atom stereocenters. The number of hydrogen-bond acceptors (Lipinski definition) is 8. The highest BCUT2D eigenvalue weighted by atomic mass is 79.9. The number of carbonyl (C=O) groups excluding carboxylic acids is 1. The number of hydrogen-bond donors (Lipinski definition) is 6. The van der Waals surface area contributed by atoms with E-state index in [0.717, 1.165) is 34.2 Å². The van der Waals surface area contributed by atoms with E-state index < -0.39 is 22.9 Å². The van der Waals surface area contributed by atoms with Crippen LogP contribution in [-0.4, -0.2) is 64.8 Å². The summed E-state index contributed by atoms with van der Waals surface area (Å²) in [7, 11) is -1.33. The number of methoxy groups -OCH3 is 1. The van der Waals surface area contributed by atoms with Crippen molar-refractivity contribution in [2.24, 2.45) is 0 Å². The first-order valence-corrected chi connectivity index (χ1v) is 16.6. The van der Waals surface area contributed by atoms with Crippen molar-refractivity contribution in [2.45, 2.75) is 44.9 Å². The molecule has 228 valence electrons. The third-order valence-electron chi connectivity index (χ3n) is 7.16. The number of ether oxygens (including phenoxy) is 1. The zero-order valence-corrected chi connectivity index (χ0v) is 26.5. The molecule has 0 unspecified atom stereocenters. The van der Waals surface area contributed by atoms with Crippen molar-refractivity contribution in [3.8, 4) is 5.75 Å². The van der Waals surface area contributed by atoms with Crippen molar-refractivity contribution in [3.05, 3.63) is 87.9 Å². The van der Waals surface area contributed by atoms with Crippen LogP contribution in [0.5, 0.6) is 5.75 Å². The predicted octanol–water partition coefficient (Wildman–Crippen LogP) is 5.65. The summed E-state index contributed by atoms with van der Waals surface area (Å²) >= 11 is 3.50. The van der Waals surface area contributed by atoms with Gasteiger partial charge in [-0.1, -0.05) is 46.3 Å². The largest absolute Gasteiger partial charge is 0.497 e. The van der Waals surface area contributed by atoms with Crippen LogP contribution in [0.1, 0.15) is 41.3 Å². The van der Waals surface area contributed by atoms with Crippen molar-refractivity contribution in [1.29, 1.82) is 0 Å². The minimum Gasteiger partial charge on any atom is -0.497 e. The van der Waals surface area contributed by atoms with Crippen LogP contribution < -0.4 is 25.0 Å². The highest BCUT2D eigenvalue weighted by Crippen LogP contribution is 2.50. The van der Waals surface area contributed by atoms with Crippen LogP contribution >= 0.6 is 26.7 Å². The van der Waals surface area contributed by atoms with Gasteiger partial charge in [-0.15, -0.1) is 10.8 Å². The Labute approximate surface area is 258 Å². The van der Waals surface area contributed by atoms with Gasteiger partial charge in [0.2, 0.25) is 0 Å². The van der Waals surface area contributed by atoms with Crippen molar-refractivity contribution >= 4 is 44.0 Å². The molecule has 1 aliphatic rings. The molecule has 3 aromatic carbocycles. The third-order valence-corrected chi connectivity index (χ3v) is 9.55. The molecule has 4 rings (SSSR count). The van der Waals surface area contributed by atoms with Gasteiger partial charge >= 0.3 is 0 Å². The van der Waals surface area contributed by atoms with Gasteiger partial charge in [-0.3, -0.25) is 18.2 Å². The number of carbonyl (C=O) groups is 1. The number of anilines is 2. The summed E-state index contributed by atoms with van der Waals surface area (Å²) in [6, 6.07) is 20.2. The summed E-state index contributed by atoms with van der Waals surface area (Å²) in [5, 5.41) is 20.9. The van der Waals surface area contributed by atoms with E-state index in [9.17, 15) is 19.0 Å². The molecular weight excluding hydrogens is 620 g/mol. The number of aliphatic hydroxyl groups is 1. The van der Waals surface area contributed by atoms with Gasteiger partial charge in [0.1, 0.15) is 5.75 Å². The molecule has 0 aliphatic carbocycles. The number of rotatable bonds is 13. The van der Waals surface area contributed by atoms with Crippen molar-refractivity contribution in [1.82, 2.24) is 10.6 Å². The second-order valence-electron chi connectivity index (χ2n) is 10.4. The van der Waals surface area contributed by atoms with E-state index in [1.54, 1.807) is 23.5 Å².